The highest BCUT2D eigenvalue weighted by molar-refractivity contribution is 7.92. The van der Waals surface area contributed by atoms with Crippen molar-refractivity contribution in [2.24, 2.45) is 4.99 Å². The lowest BCUT2D eigenvalue weighted by Gasteiger charge is -2.11. The minimum absolute atomic E-state index is 0.278. The Hall–Kier alpha value is -2.87. The first-order valence-electron chi connectivity index (χ1n) is 12.2. The second-order valence-corrected chi connectivity index (χ2v) is 12.9. The number of carbonyl (C=O) groups excluding carboxylic acids is 3. The second-order valence-electron chi connectivity index (χ2n) is 8.69. The van der Waals surface area contributed by atoms with E-state index in [0.717, 1.165) is 39.9 Å². The molecule has 0 fully saturated rings. The van der Waals surface area contributed by atoms with Gasteiger partial charge in [-0.25, -0.2) is 13.2 Å². The van der Waals surface area contributed by atoms with Crippen molar-refractivity contribution in [1.82, 2.24) is 4.57 Å². The molecule has 0 saturated heterocycles. The van der Waals surface area contributed by atoms with E-state index in [1.807, 2.05) is 35.8 Å². The van der Waals surface area contributed by atoms with Gasteiger partial charge in [-0.05, 0) is 50.3 Å². The molecule has 13 heteroatoms. The number of nitrogens with one attached hydrogen (secondary N) is 1. The first-order chi connectivity index (χ1) is 18.2. The minimum atomic E-state index is -4.12. The van der Waals surface area contributed by atoms with Crippen molar-refractivity contribution in [2.45, 2.75) is 39.2 Å². The summed E-state index contributed by atoms with van der Waals surface area (Å²) in [5, 5.41) is 2.84. The summed E-state index contributed by atoms with van der Waals surface area (Å²) in [4.78, 5) is 43.1. The number of benzene rings is 1. The number of ether oxygens (including phenoxy) is 2. The minimum Gasteiger partial charge on any atom is -0.465 e. The first-order valence-corrected chi connectivity index (χ1v) is 15.6. The van der Waals surface area contributed by atoms with Crippen LogP contribution in [0.5, 0.6) is 0 Å². The van der Waals surface area contributed by atoms with Crippen LogP contribution in [0.25, 0.3) is 10.2 Å². The molecule has 0 aliphatic heterocycles. The fourth-order valence-electron chi connectivity index (χ4n) is 4.33. The van der Waals surface area contributed by atoms with Crippen LogP contribution >= 0.6 is 22.7 Å². The molecule has 1 aromatic carbocycles. The number of fused-ring (bicyclic) bond motifs is 2. The smallest absolute Gasteiger partial charge is 0.341 e. The van der Waals surface area contributed by atoms with Gasteiger partial charge in [0, 0.05) is 18.0 Å². The lowest BCUT2D eigenvalue weighted by molar-refractivity contribution is -0.115. The molecule has 1 aliphatic carbocycles. The molecule has 0 saturated carbocycles. The quantitative estimate of drug-likeness (QED) is 0.288. The molecule has 2 aromatic heterocycles. The molecular weight excluding hydrogens is 550 g/mol. The number of rotatable bonds is 10. The van der Waals surface area contributed by atoms with Gasteiger partial charge in [0.15, 0.2) is 14.6 Å². The van der Waals surface area contributed by atoms with E-state index >= 15 is 0 Å². The standard InChI is InChI=1S/C25H29N3O7S3/c1-3-35-13-12-28-17-9-5-7-11-19(17)37-25(28)27-21(30)15-38(32,33)14-20(29)26-23-22(24(31)34-2)16-8-4-6-10-18(16)36-23/h5,7,9,11H,3-4,6,8,10,12-15H2,1-2H3,(H,26,29). The van der Waals surface area contributed by atoms with Crippen LogP contribution in [0.1, 0.15) is 40.6 Å². The fourth-order valence-corrected chi connectivity index (χ4v) is 7.72. The average Bonchev–Trinajstić information content (AvgIpc) is 3.40. The maximum Gasteiger partial charge on any atom is 0.341 e. The third-order valence-electron chi connectivity index (χ3n) is 5.98. The fraction of sp³-hybridized carbons (Fsp3) is 0.440. The number of para-hydroxylation sites is 1. The maximum absolute atomic E-state index is 12.7. The van der Waals surface area contributed by atoms with Crippen molar-refractivity contribution >= 4 is 65.5 Å². The van der Waals surface area contributed by atoms with Crippen molar-refractivity contribution in [3.05, 3.63) is 45.1 Å². The SMILES string of the molecule is CCOCCn1c(=NC(=O)CS(=O)(=O)CC(=O)Nc2sc3c(c2C(=O)OC)CCCC3)sc2ccccc21. The number of thiazole rings is 1. The number of aromatic nitrogens is 1. The zero-order valence-electron chi connectivity index (χ0n) is 21.2. The molecular formula is C25H29N3O7S3. The number of thiophene rings is 1. The predicted molar refractivity (Wildman–Crippen MR) is 146 cm³/mol. The largest absolute Gasteiger partial charge is 0.465 e. The van der Waals surface area contributed by atoms with Crippen LogP contribution < -0.4 is 10.1 Å². The summed E-state index contributed by atoms with van der Waals surface area (Å²) in [7, 11) is -2.86. The van der Waals surface area contributed by atoms with Gasteiger partial charge in [0.05, 0.1) is 29.5 Å². The third-order valence-corrected chi connectivity index (χ3v) is 9.64. The Morgan fingerprint density at radius 2 is 1.87 bits per heavy atom. The second kappa shape index (κ2) is 12.3. The van der Waals surface area contributed by atoms with Gasteiger partial charge < -0.3 is 19.4 Å². The number of hydrogen-bond acceptors (Lipinski definition) is 9. The summed E-state index contributed by atoms with van der Waals surface area (Å²) in [5.41, 5.74) is 2.00. The van der Waals surface area contributed by atoms with E-state index in [2.05, 4.69) is 10.3 Å². The van der Waals surface area contributed by atoms with Gasteiger partial charge in [-0.15, -0.1) is 11.3 Å². The molecule has 2 heterocycles. The Morgan fingerprint density at radius 3 is 2.63 bits per heavy atom. The van der Waals surface area contributed by atoms with Gasteiger partial charge in [-0.1, -0.05) is 23.5 Å². The highest BCUT2D eigenvalue weighted by Crippen LogP contribution is 2.38. The number of amides is 2. The van der Waals surface area contributed by atoms with E-state index in [1.54, 1.807) is 0 Å². The molecule has 1 N–H and O–H groups in total. The summed E-state index contributed by atoms with van der Waals surface area (Å²) in [6.45, 7) is 3.29. The van der Waals surface area contributed by atoms with Gasteiger partial charge >= 0.3 is 5.97 Å². The Labute approximate surface area is 228 Å². The van der Waals surface area contributed by atoms with E-state index in [9.17, 15) is 22.8 Å². The van der Waals surface area contributed by atoms with Crippen LogP contribution in [-0.4, -0.2) is 62.6 Å². The van der Waals surface area contributed by atoms with Gasteiger partial charge in [-0.2, -0.15) is 4.99 Å². The summed E-state index contributed by atoms with van der Waals surface area (Å²) in [5.74, 6) is -4.08. The van der Waals surface area contributed by atoms with Crippen LogP contribution in [0.2, 0.25) is 0 Å². The van der Waals surface area contributed by atoms with Crippen molar-refractivity contribution in [3.63, 3.8) is 0 Å². The van der Waals surface area contributed by atoms with Gasteiger partial charge in [0.2, 0.25) is 5.91 Å². The van der Waals surface area contributed by atoms with Crippen LogP contribution in [0.3, 0.4) is 0 Å². The van der Waals surface area contributed by atoms with Gasteiger partial charge in [0.25, 0.3) is 5.91 Å². The Kier molecular flexibility index (Phi) is 9.13. The highest BCUT2D eigenvalue weighted by Gasteiger charge is 2.28. The summed E-state index contributed by atoms with van der Waals surface area (Å²) in [6, 6.07) is 7.53. The highest BCUT2D eigenvalue weighted by atomic mass is 32.2. The van der Waals surface area contributed by atoms with E-state index in [1.165, 1.54) is 29.8 Å². The van der Waals surface area contributed by atoms with Gasteiger partial charge in [-0.3, -0.25) is 9.59 Å². The topological polar surface area (TPSA) is 133 Å². The van der Waals surface area contributed by atoms with Crippen LogP contribution in [0, 0.1) is 0 Å². The van der Waals surface area contributed by atoms with Crippen LogP contribution in [0.15, 0.2) is 29.3 Å². The molecule has 4 rings (SSSR count). The lowest BCUT2D eigenvalue weighted by atomic mass is 9.95. The van der Waals surface area contributed by atoms with Crippen molar-refractivity contribution in [1.29, 1.82) is 0 Å². The first kappa shape index (κ1) is 28.1. The molecule has 3 aromatic rings. The zero-order chi connectivity index (χ0) is 27.3. The Morgan fingerprint density at radius 1 is 1.11 bits per heavy atom. The molecule has 1 aliphatic rings. The summed E-state index contributed by atoms with van der Waals surface area (Å²) < 4.78 is 38.5. The van der Waals surface area contributed by atoms with E-state index in [0.29, 0.717) is 31.0 Å². The number of esters is 1. The normalized spacial score (nSPS) is 13.9. The molecule has 10 nitrogen and oxygen atoms in total. The molecule has 38 heavy (non-hydrogen) atoms. The van der Waals surface area contributed by atoms with Crippen molar-refractivity contribution in [2.75, 3.05) is 37.1 Å². The molecule has 0 atom stereocenters. The van der Waals surface area contributed by atoms with Gasteiger partial charge in [0.1, 0.15) is 16.5 Å². The third kappa shape index (κ3) is 6.57. The zero-order valence-corrected chi connectivity index (χ0v) is 23.6. The molecule has 2 amide bonds. The maximum atomic E-state index is 12.7. The van der Waals surface area contributed by atoms with E-state index < -0.39 is 39.1 Å². The molecule has 0 spiro atoms. The Balaban J connectivity index is 1.49. The van der Waals surface area contributed by atoms with Crippen LogP contribution in [-0.2, 0) is 48.3 Å². The van der Waals surface area contributed by atoms with E-state index in [4.69, 9.17) is 9.47 Å². The Bertz CT molecular complexity index is 1530. The van der Waals surface area contributed by atoms with Crippen molar-refractivity contribution in [3.8, 4) is 0 Å². The summed E-state index contributed by atoms with van der Waals surface area (Å²) in [6.07, 6.45) is 3.39. The number of sulfone groups is 1. The number of anilines is 1. The van der Waals surface area contributed by atoms with E-state index in [-0.39, 0.29) is 10.6 Å². The number of methoxy groups -OCH3 is 1. The predicted octanol–water partition coefficient (Wildman–Crippen LogP) is 2.95. The molecule has 0 bridgehead atoms. The number of hydrogen-bond donors (Lipinski definition) is 1. The molecule has 0 unspecified atom stereocenters. The number of nitrogens with zero attached hydrogens (tertiary/aromatic N) is 2. The number of aryl methyl sites for hydroxylation is 1. The molecule has 0 radical (unpaired) electrons. The summed E-state index contributed by atoms with van der Waals surface area (Å²) >= 11 is 2.54. The number of carbonyl (C=O) groups is 3. The van der Waals surface area contributed by atoms with Crippen molar-refractivity contribution < 1.29 is 32.3 Å². The average molecular weight is 580 g/mol. The lowest BCUT2D eigenvalue weighted by Crippen LogP contribution is -2.28. The monoisotopic (exact) mass is 579 g/mol. The molecule has 204 valence electrons. The van der Waals surface area contributed by atoms with Crippen LogP contribution in [0.4, 0.5) is 5.00 Å².